The van der Waals surface area contributed by atoms with E-state index < -0.39 is 16.7 Å². The second-order valence-electron chi connectivity index (χ2n) is 10.4. The van der Waals surface area contributed by atoms with Crippen molar-refractivity contribution in [1.82, 2.24) is 9.88 Å². The number of nitro benzene ring substituents is 1. The number of anilines is 1. The van der Waals surface area contributed by atoms with Gasteiger partial charge in [-0.05, 0) is 78.7 Å². The number of hydrogen-bond donors (Lipinski definition) is 1. The van der Waals surface area contributed by atoms with Crippen LogP contribution in [0.1, 0.15) is 16.7 Å². The molecular weight excluding hydrogens is 572 g/mol. The third-order valence-corrected chi connectivity index (χ3v) is 7.76. The van der Waals surface area contributed by atoms with Crippen LogP contribution >= 0.6 is 12.2 Å². The van der Waals surface area contributed by atoms with Crippen molar-refractivity contribution in [2.24, 2.45) is 0 Å². The number of carbonyl (C=O) groups is 2. The molecule has 4 aromatic carbocycles. The van der Waals surface area contributed by atoms with Crippen LogP contribution in [0.3, 0.4) is 0 Å². The zero-order chi connectivity index (χ0) is 31.0. The van der Waals surface area contributed by atoms with Crippen LogP contribution in [0.5, 0.6) is 0 Å². The monoisotopic (exact) mass is 598 g/mol. The van der Waals surface area contributed by atoms with Gasteiger partial charge in [-0.2, -0.15) is 0 Å². The number of nitro groups is 1. The minimum Gasteiger partial charge on any atom is -0.309 e. The standard InChI is InChI=1S/C35H26N4O4S/c1-22-13-14-23(2)30(19-22)38-34(41)29(33(40)36-35(38)44)20-26-21-31(24-9-5-3-6-10-24)37(32(26)25-11-7-4-8-12-25)27-15-17-28(18-16-27)39(42)43/h3-21H,1-2H3,(H,36,40,44)/b29-20-. The van der Waals surface area contributed by atoms with Gasteiger partial charge in [0.15, 0.2) is 5.11 Å². The molecule has 0 bridgehead atoms. The Kier molecular flexibility index (Phi) is 7.46. The lowest BCUT2D eigenvalue weighted by Crippen LogP contribution is -2.54. The second-order valence-corrected chi connectivity index (χ2v) is 10.8. The summed E-state index contributed by atoms with van der Waals surface area (Å²) in [5.74, 6) is -1.12. The molecule has 1 aromatic heterocycles. The summed E-state index contributed by atoms with van der Waals surface area (Å²) in [5, 5.41) is 14.1. The third-order valence-electron chi connectivity index (χ3n) is 7.47. The van der Waals surface area contributed by atoms with Crippen LogP contribution in [0.15, 0.2) is 115 Å². The Morgan fingerprint density at radius 3 is 2.09 bits per heavy atom. The SMILES string of the molecule is Cc1ccc(C)c(N2C(=O)/C(=C\c3cc(-c4ccccc4)n(-c4ccc([N+](=O)[O-])cc4)c3-c3ccccc3)C(=O)NC2=S)c1. The van der Waals surface area contributed by atoms with Crippen LogP contribution in [-0.2, 0) is 9.59 Å². The lowest BCUT2D eigenvalue weighted by molar-refractivity contribution is -0.384. The number of non-ortho nitro benzene ring substituents is 1. The van der Waals surface area contributed by atoms with Gasteiger partial charge in [0.05, 0.1) is 22.0 Å². The van der Waals surface area contributed by atoms with Crippen molar-refractivity contribution in [1.29, 1.82) is 0 Å². The highest BCUT2D eigenvalue weighted by Gasteiger charge is 2.36. The van der Waals surface area contributed by atoms with E-state index in [0.29, 0.717) is 22.6 Å². The lowest BCUT2D eigenvalue weighted by atomic mass is 10.0. The molecule has 2 heterocycles. The largest absolute Gasteiger partial charge is 0.309 e. The summed E-state index contributed by atoms with van der Waals surface area (Å²) in [7, 11) is 0. The molecule has 6 rings (SSSR count). The molecule has 44 heavy (non-hydrogen) atoms. The van der Waals surface area contributed by atoms with Crippen molar-refractivity contribution in [3.05, 3.63) is 142 Å². The molecule has 8 nitrogen and oxygen atoms in total. The number of nitrogens with zero attached hydrogens (tertiary/aromatic N) is 3. The number of amides is 2. The zero-order valence-electron chi connectivity index (χ0n) is 23.9. The van der Waals surface area contributed by atoms with Crippen molar-refractivity contribution < 1.29 is 14.5 Å². The van der Waals surface area contributed by atoms with Gasteiger partial charge in [-0.1, -0.05) is 72.8 Å². The van der Waals surface area contributed by atoms with E-state index in [1.807, 2.05) is 103 Å². The van der Waals surface area contributed by atoms with Crippen molar-refractivity contribution in [3.8, 4) is 28.2 Å². The number of aryl methyl sites for hydroxylation is 2. The van der Waals surface area contributed by atoms with Gasteiger partial charge in [0, 0.05) is 23.4 Å². The van der Waals surface area contributed by atoms with Crippen molar-refractivity contribution in [2.45, 2.75) is 13.8 Å². The van der Waals surface area contributed by atoms with E-state index in [-0.39, 0.29) is 16.4 Å². The summed E-state index contributed by atoms with van der Waals surface area (Å²) in [6.07, 6.45) is 1.59. The van der Waals surface area contributed by atoms with E-state index in [1.165, 1.54) is 17.0 Å². The fourth-order valence-corrected chi connectivity index (χ4v) is 5.61. The number of rotatable bonds is 6. The van der Waals surface area contributed by atoms with Crippen molar-refractivity contribution in [3.63, 3.8) is 0 Å². The van der Waals surface area contributed by atoms with Gasteiger partial charge in [0.25, 0.3) is 17.5 Å². The number of hydrogen-bond acceptors (Lipinski definition) is 5. The van der Waals surface area contributed by atoms with E-state index in [4.69, 9.17) is 12.2 Å². The highest BCUT2D eigenvalue weighted by Crippen LogP contribution is 2.38. The smallest absolute Gasteiger partial charge is 0.270 e. The van der Waals surface area contributed by atoms with Crippen LogP contribution in [0.2, 0.25) is 0 Å². The Bertz CT molecular complexity index is 1980. The molecule has 5 aromatic rings. The third kappa shape index (κ3) is 5.21. The number of nitrogens with one attached hydrogen (secondary N) is 1. The first-order chi connectivity index (χ1) is 21.2. The molecule has 1 aliphatic rings. The van der Waals surface area contributed by atoms with Gasteiger partial charge in [-0.25, -0.2) is 0 Å². The average molecular weight is 599 g/mol. The molecular formula is C35H26N4O4S. The maximum Gasteiger partial charge on any atom is 0.270 e. The van der Waals surface area contributed by atoms with Crippen LogP contribution < -0.4 is 10.2 Å². The molecule has 0 saturated carbocycles. The molecule has 9 heteroatoms. The van der Waals surface area contributed by atoms with E-state index in [2.05, 4.69) is 5.32 Å². The van der Waals surface area contributed by atoms with Crippen LogP contribution in [-0.4, -0.2) is 26.4 Å². The summed E-state index contributed by atoms with van der Waals surface area (Å²) in [6, 6.07) is 33.2. The van der Waals surface area contributed by atoms with Gasteiger partial charge in [0.1, 0.15) is 5.57 Å². The second kappa shape index (κ2) is 11.5. The van der Waals surface area contributed by atoms with E-state index >= 15 is 0 Å². The molecule has 1 N–H and O–H groups in total. The average Bonchev–Trinajstić information content (AvgIpc) is 3.41. The normalized spacial score (nSPS) is 14.2. The van der Waals surface area contributed by atoms with E-state index in [9.17, 15) is 19.7 Å². The maximum absolute atomic E-state index is 14.0. The molecule has 0 aliphatic carbocycles. The van der Waals surface area contributed by atoms with E-state index in [0.717, 1.165) is 27.9 Å². The number of carbonyl (C=O) groups excluding carboxylic acids is 2. The van der Waals surface area contributed by atoms with Gasteiger partial charge in [-0.3, -0.25) is 29.9 Å². The Hall–Kier alpha value is -5.67. The Morgan fingerprint density at radius 1 is 0.818 bits per heavy atom. The van der Waals surface area contributed by atoms with Crippen LogP contribution in [0, 0.1) is 24.0 Å². The highest BCUT2D eigenvalue weighted by atomic mass is 32.1. The minimum absolute atomic E-state index is 0.0163. The zero-order valence-corrected chi connectivity index (χ0v) is 24.7. The summed E-state index contributed by atoms with van der Waals surface area (Å²) in [6.45, 7) is 3.81. The number of aromatic nitrogens is 1. The summed E-state index contributed by atoms with van der Waals surface area (Å²) < 4.78 is 1.99. The highest BCUT2D eigenvalue weighted by molar-refractivity contribution is 7.80. The summed E-state index contributed by atoms with van der Waals surface area (Å²) in [4.78, 5) is 39.7. The van der Waals surface area contributed by atoms with E-state index in [1.54, 1.807) is 18.2 Å². The van der Waals surface area contributed by atoms with Gasteiger partial charge >= 0.3 is 0 Å². The van der Waals surface area contributed by atoms with Gasteiger partial charge in [0.2, 0.25) is 0 Å². The number of thiocarbonyl (C=S) groups is 1. The number of benzene rings is 4. The quantitative estimate of drug-likeness (QED) is 0.0735. The molecule has 0 unspecified atom stereocenters. The van der Waals surface area contributed by atoms with Gasteiger partial charge in [-0.15, -0.1) is 0 Å². The molecule has 1 fully saturated rings. The molecule has 1 saturated heterocycles. The van der Waals surface area contributed by atoms with Crippen molar-refractivity contribution in [2.75, 3.05) is 4.90 Å². The molecule has 1 aliphatic heterocycles. The van der Waals surface area contributed by atoms with Crippen LogP contribution in [0.25, 0.3) is 34.3 Å². The Morgan fingerprint density at radius 2 is 1.45 bits per heavy atom. The Labute approximate surface area is 259 Å². The van der Waals surface area contributed by atoms with Crippen molar-refractivity contribution >= 4 is 46.6 Å². The lowest BCUT2D eigenvalue weighted by Gasteiger charge is -2.30. The molecule has 0 atom stereocenters. The first-order valence-corrected chi connectivity index (χ1v) is 14.2. The fourth-order valence-electron chi connectivity index (χ4n) is 5.34. The molecule has 2 amide bonds. The molecule has 0 spiro atoms. The topological polar surface area (TPSA) is 97.5 Å². The minimum atomic E-state index is -0.593. The summed E-state index contributed by atoms with van der Waals surface area (Å²) in [5.41, 5.74) is 6.75. The fraction of sp³-hybridized carbons (Fsp3) is 0.0571. The Balaban J connectivity index is 1.60. The van der Waals surface area contributed by atoms with Gasteiger partial charge < -0.3 is 4.57 Å². The first kappa shape index (κ1) is 28.4. The first-order valence-electron chi connectivity index (χ1n) is 13.8. The maximum atomic E-state index is 14.0. The predicted molar refractivity (Wildman–Crippen MR) is 175 cm³/mol. The summed E-state index contributed by atoms with van der Waals surface area (Å²) >= 11 is 5.46. The molecule has 0 radical (unpaired) electrons. The van der Waals surface area contributed by atoms with Crippen LogP contribution in [0.4, 0.5) is 11.4 Å². The predicted octanol–water partition coefficient (Wildman–Crippen LogP) is 7.17. The molecule has 216 valence electrons.